The molecule has 22 heavy (non-hydrogen) atoms. The lowest BCUT2D eigenvalue weighted by Crippen LogP contribution is -2.20. The Bertz CT molecular complexity index is 240. The third kappa shape index (κ3) is 15.9. The minimum Gasteiger partial charge on any atom is -0.369 e. The van der Waals surface area contributed by atoms with Crippen LogP contribution in [0.25, 0.3) is 0 Å². The molecular weight excluding hydrogens is 270 g/mol. The summed E-state index contributed by atoms with van der Waals surface area (Å²) in [5.41, 5.74) is 5.26. The van der Waals surface area contributed by atoms with Gasteiger partial charge < -0.3 is 5.73 Å². The number of carbonyl (C=O) groups excluding carboxylic acids is 1. The van der Waals surface area contributed by atoms with Crippen molar-refractivity contribution in [2.24, 2.45) is 11.7 Å². The minimum absolute atomic E-state index is 0.0574. The molecule has 0 spiro atoms. The van der Waals surface area contributed by atoms with Gasteiger partial charge in [0.15, 0.2) is 0 Å². The highest BCUT2D eigenvalue weighted by molar-refractivity contribution is 5.76. The van der Waals surface area contributed by atoms with E-state index in [1.54, 1.807) is 0 Å². The summed E-state index contributed by atoms with van der Waals surface area (Å²) in [7, 11) is 0. The second kappa shape index (κ2) is 16.8. The van der Waals surface area contributed by atoms with Gasteiger partial charge in [0.25, 0.3) is 0 Å². The summed E-state index contributed by atoms with van der Waals surface area (Å²) < 4.78 is 0. The number of unbranched alkanes of at least 4 members (excludes halogenated alkanes) is 14. The lowest BCUT2D eigenvalue weighted by Gasteiger charge is -2.06. The summed E-state index contributed by atoms with van der Waals surface area (Å²) in [6, 6.07) is 0. The van der Waals surface area contributed by atoms with Gasteiger partial charge in [0.2, 0.25) is 5.91 Å². The van der Waals surface area contributed by atoms with E-state index < -0.39 is 0 Å². The Morgan fingerprint density at radius 1 is 0.682 bits per heavy atom. The molecule has 0 saturated heterocycles. The molecule has 0 aliphatic carbocycles. The van der Waals surface area contributed by atoms with Gasteiger partial charge in [-0.25, -0.2) is 0 Å². The van der Waals surface area contributed by atoms with E-state index in [-0.39, 0.29) is 11.8 Å². The van der Waals surface area contributed by atoms with E-state index in [0.717, 1.165) is 12.8 Å². The largest absolute Gasteiger partial charge is 0.369 e. The summed E-state index contributed by atoms with van der Waals surface area (Å²) >= 11 is 0. The van der Waals surface area contributed by atoms with Crippen LogP contribution in [0.15, 0.2) is 0 Å². The monoisotopic (exact) mass is 311 g/mol. The van der Waals surface area contributed by atoms with Crippen LogP contribution in [0.2, 0.25) is 0 Å². The predicted octanol–water partition coefficient (Wildman–Crippen LogP) is 6.37. The van der Waals surface area contributed by atoms with Gasteiger partial charge in [-0.1, -0.05) is 110 Å². The van der Waals surface area contributed by atoms with Crippen LogP contribution < -0.4 is 5.73 Å². The third-order valence-electron chi connectivity index (χ3n) is 4.73. The van der Waals surface area contributed by atoms with Crippen molar-refractivity contribution < 1.29 is 4.79 Å². The van der Waals surface area contributed by atoms with Gasteiger partial charge in [-0.2, -0.15) is 0 Å². The van der Waals surface area contributed by atoms with Crippen LogP contribution in [-0.2, 0) is 4.79 Å². The van der Waals surface area contributed by atoms with Gasteiger partial charge in [-0.3, -0.25) is 4.79 Å². The van der Waals surface area contributed by atoms with Gasteiger partial charge in [-0.15, -0.1) is 0 Å². The average molecular weight is 312 g/mol. The zero-order chi connectivity index (χ0) is 16.5. The average Bonchev–Trinajstić information content (AvgIpc) is 2.50. The topological polar surface area (TPSA) is 43.1 Å². The Morgan fingerprint density at radius 2 is 1.00 bits per heavy atom. The van der Waals surface area contributed by atoms with Crippen LogP contribution in [-0.4, -0.2) is 5.91 Å². The Kier molecular flexibility index (Phi) is 16.4. The highest BCUT2D eigenvalue weighted by Gasteiger charge is 2.06. The van der Waals surface area contributed by atoms with E-state index in [4.69, 9.17) is 5.73 Å². The lowest BCUT2D eigenvalue weighted by molar-refractivity contribution is -0.121. The van der Waals surface area contributed by atoms with Gasteiger partial charge in [0.1, 0.15) is 0 Å². The highest BCUT2D eigenvalue weighted by Crippen LogP contribution is 2.14. The van der Waals surface area contributed by atoms with Crippen molar-refractivity contribution in [2.75, 3.05) is 0 Å². The van der Waals surface area contributed by atoms with Crippen LogP contribution in [0.5, 0.6) is 0 Å². The van der Waals surface area contributed by atoms with Crippen molar-refractivity contribution >= 4 is 5.91 Å². The number of amides is 1. The first-order chi connectivity index (χ1) is 10.7. The molecule has 1 unspecified atom stereocenters. The summed E-state index contributed by atoms with van der Waals surface area (Å²) in [6.07, 6.45) is 21.7. The van der Waals surface area contributed by atoms with Crippen LogP contribution in [0.1, 0.15) is 117 Å². The SMILES string of the molecule is CCCCCCCCCCCCCCCCCC(C)C(N)=O. The van der Waals surface area contributed by atoms with Crippen LogP contribution >= 0.6 is 0 Å². The van der Waals surface area contributed by atoms with Crippen molar-refractivity contribution in [3.63, 3.8) is 0 Å². The highest BCUT2D eigenvalue weighted by atomic mass is 16.1. The van der Waals surface area contributed by atoms with Gasteiger partial charge in [-0.05, 0) is 6.42 Å². The summed E-state index contributed by atoms with van der Waals surface area (Å²) in [6.45, 7) is 4.22. The first kappa shape index (κ1) is 21.5. The molecule has 0 aromatic heterocycles. The molecule has 1 amide bonds. The van der Waals surface area contributed by atoms with Crippen molar-refractivity contribution in [1.82, 2.24) is 0 Å². The summed E-state index contributed by atoms with van der Waals surface area (Å²) in [4.78, 5) is 10.9. The molecule has 1 atom stereocenters. The van der Waals surface area contributed by atoms with E-state index in [1.807, 2.05) is 6.92 Å². The number of nitrogens with two attached hydrogens (primary N) is 1. The zero-order valence-corrected chi connectivity index (χ0v) is 15.4. The Labute approximate surface area is 139 Å². The second-order valence-corrected chi connectivity index (χ2v) is 7.04. The Hall–Kier alpha value is -0.530. The summed E-state index contributed by atoms with van der Waals surface area (Å²) in [5, 5.41) is 0. The maximum Gasteiger partial charge on any atom is 0.220 e. The fourth-order valence-electron chi connectivity index (χ4n) is 2.96. The summed E-state index contributed by atoms with van der Waals surface area (Å²) in [5.74, 6) is -0.0904. The number of rotatable bonds is 17. The molecule has 0 fully saturated rings. The number of hydrogen-bond donors (Lipinski definition) is 1. The fourth-order valence-corrected chi connectivity index (χ4v) is 2.96. The normalized spacial score (nSPS) is 12.5. The molecule has 2 N–H and O–H groups in total. The third-order valence-corrected chi connectivity index (χ3v) is 4.73. The molecule has 0 bridgehead atoms. The van der Waals surface area contributed by atoms with E-state index in [1.165, 1.54) is 89.9 Å². The Morgan fingerprint density at radius 3 is 1.32 bits per heavy atom. The smallest absolute Gasteiger partial charge is 0.220 e. The Balaban J connectivity index is 3.04. The zero-order valence-electron chi connectivity index (χ0n) is 15.4. The molecule has 132 valence electrons. The number of hydrogen-bond acceptors (Lipinski definition) is 1. The number of primary amides is 1. The lowest BCUT2D eigenvalue weighted by atomic mass is 10.0. The molecule has 0 aromatic carbocycles. The molecular formula is C20H41NO. The molecule has 0 heterocycles. The molecule has 0 radical (unpaired) electrons. The fraction of sp³-hybridized carbons (Fsp3) is 0.950. The van der Waals surface area contributed by atoms with Crippen LogP contribution in [0, 0.1) is 5.92 Å². The molecule has 0 saturated carbocycles. The molecule has 0 rings (SSSR count). The van der Waals surface area contributed by atoms with Gasteiger partial charge in [0.05, 0.1) is 0 Å². The maximum atomic E-state index is 10.9. The van der Waals surface area contributed by atoms with Crippen molar-refractivity contribution in [3.05, 3.63) is 0 Å². The van der Waals surface area contributed by atoms with E-state index in [9.17, 15) is 4.79 Å². The molecule has 0 aliphatic rings. The minimum atomic E-state index is -0.148. The van der Waals surface area contributed by atoms with E-state index in [0.29, 0.717) is 0 Å². The van der Waals surface area contributed by atoms with Crippen LogP contribution in [0.3, 0.4) is 0 Å². The van der Waals surface area contributed by atoms with Crippen molar-refractivity contribution in [3.8, 4) is 0 Å². The molecule has 2 nitrogen and oxygen atoms in total. The van der Waals surface area contributed by atoms with Crippen molar-refractivity contribution in [1.29, 1.82) is 0 Å². The van der Waals surface area contributed by atoms with Crippen molar-refractivity contribution in [2.45, 2.75) is 117 Å². The predicted molar refractivity (Wildman–Crippen MR) is 97.9 cm³/mol. The molecule has 0 aliphatic heterocycles. The number of carbonyl (C=O) groups is 1. The second-order valence-electron chi connectivity index (χ2n) is 7.04. The van der Waals surface area contributed by atoms with E-state index in [2.05, 4.69) is 6.92 Å². The quantitative estimate of drug-likeness (QED) is 0.312. The van der Waals surface area contributed by atoms with Crippen LogP contribution in [0.4, 0.5) is 0 Å². The van der Waals surface area contributed by atoms with Gasteiger partial charge in [0, 0.05) is 5.92 Å². The van der Waals surface area contributed by atoms with Gasteiger partial charge >= 0.3 is 0 Å². The molecule has 0 aromatic rings. The maximum absolute atomic E-state index is 10.9. The standard InChI is InChI=1S/C20H41NO/c1-3-4-5-6-7-8-9-10-11-12-13-14-15-16-17-18-19(2)20(21)22/h19H,3-18H2,1-2H3,(H2,21,22). The van der Waals surface area contributed by atoms with E-state index >= 15 is 0 Å². The first-order valence-corrected chi connectivity index (χ1v) is 9.97. The molecule has 2 heteroatoms. The first-order valence-electron chi connectivity index (χ1n) is 9.97.